The van der Waals surface area contributed by atoms with E-state index in [0.29, 0.717) is 36.5 Å². The summed E-state index contributed by atoms with van der Waals surface area (Å²) in [6, 6.07) is 6.35. The van der Waals surface area contributed by atoms with Crippen molar-refractivity contribution in [3.05, 3.63) is 41.6 Å². The Morgan fingerprint density at radius 3 is 2.71 bits per heavy atom. The van der Waals surface area contributed by atoms with Gasteiger partial charge in [-0.25, -0.2) is 0 Å². The highest BCUT2D eigenvalue weighted by Gasteiger charge is 2.44. The van der Waals surface area contributed by atoms with Gasteiger partial charge in [0.25, 0.3) is 5.91 Å². The highest BCUT2D eigenvalue weighted by atomic mass is 16.5. The zero-order chi connectivity index (χ0) is 23.3. The van der Waals surface area contributed by atoms with Crippen molar-refractivity contribution >= 4 is 11.8 Å². The van der Waals surface area contributed by atoms with Gasteiger partial charge in [0, 0.05) is 36.8 Å². The minimum absolute atomic E-state index is 0.0142. The maximum atomic E-state index is 13.1. The number of fused-ring (bicyclic) bond motifs is 1. The van der Waals surface area contributed by atoms with Crippen LogP contribution in [0.5, 0.6) is 5.75 Å². The average Bonchev–Trinajstić information content (AvgIpc) is 3.53. The number of likely N-dealkylation sites (tertiary alicyclic amines) is 1. The van der Waals surface area contributed by atoms with E-state index in [-0.39, 0.29) is 24.0 Å². The summed E-state index contributed by atoms with van der Waals surface area (Å²) in [5, 5.41) is 2.81. The molecule has 34 heavy (non-hydrogen) atoms. The molecule has 2 saturated carbocycles. The van der Waals surface area contributed by atoms with Crippen LogP contribution in [0.2, 0.25) is 0 Å². The number of hydrogen-bond donors (Lipinski definition) is 1. The Morgan fingerprint density at radius 2 is 1.88 bits per heavy atom. The maximum Gasteiger partial charge on any atom is 0.255 e. The Bertz CT molecular complexity index is 999. The van der Waals surface area contributed by atoms with E-state index in [1.165, 1.54) is 64.5 Å². The lowest BCUT2D eigenvalue weighted by Crippen LogP contribution is -2.45. The van der Waals surface area contributed by atoms with Gasteiger partial charge in [-0.15, -0.1) is 0 Å². The fraction of sp³-hybridized carbons (Fsp3) is 0.643. The molecule has 3 atom stereocenters. The number of rotatable bonds is 4. The zero-order valence-corrected chi connectivity index (χ0v) is 20.2. The number of carbonyl (C=O) groups is 2. The molecule has 2 aliphatic carbocycles. The molecule has 6 rings (SSSR count). The molecule has 1 aromatic rings. The van der Waals surface area contributed by atoms with Crippen LogP contribution in [0.25, 0.3) is 0 Å². The summed E-state index contributed by atoms with van der Waals surface area (Å²) in [6.07, 6.45) is 13.3. The van der Waals surface area contributed by atoms with Gasteiger partial charge >= 0.3 is 0 Å². The van der Waals surface area contributed by atoms with Crippen molar-refractivity contribution in [2.45, 2.75) is 95.4 Å². The maximum absolute atomic E-state index is 13.1. The number of benzene rings is 1. The number of amides is 2. The van der Waals surface area contributed by atoms with E-state index in [1.807, 2.05) is 17.0 Å². The molecule has 1 aromatic carbocycles. The molecule has 2 amide bonds. The van der Waals surface area contributed by atoms with Gasteiger partial charge in [0.2, 0.25) is 5.91 Å². The van der Waals surface area contributed by atoms with Gasteiger partial charge < -0.3 is 15.0 Å². The lowest BCUT2D eigenvalue weighted by molar-refractivity contribution is -0.121. The van der Waals surface area contributed by atoms with Gasteiger partial charge in [0.05, 0.1) is 6.04 Å². The second kappa shape index (κ2) is 8.71. The van der Waals surface area contributed by atoms with Gasteiger partial charge in [-0.2, -0.15) is 0 Å². The summed E-state index contributed by atoms with van der Waals surface area (Å²) in [5.74, 6) is 0.893. The summed E-state index contributed by atoms with van der Waals surface area (Å²) in [5.41, 5.74) is 2.97. The molecule has 0 radical (unpaired) electrons. The molecule has 2 saturated heterocycles. The number of carbonyl (C=O) groups excluding carboxylic acids is 2. The van der Waals surface area contributed by atoms with E-state index in [4.69, 9.17) is 4.74 Å². The number of piperidine rings is 1. The van der Waals surface area contributed by atoms with Crippen LogP contribution in [0.3, 0.4) is 0 Å². The van der Waals surface area contributed by atoms with Crippen LogP contribution in [-0.4, -0.2) is 52.9 Å². The Morgan fingerprint density at radius 1 is 1.03 bits per heavy atom. The van der Waals surface area contributed by atoms with Gasteiger partial charge in [-0.05, 0) is 80.7 Å². The largest absolute Gasteiger partial charge is 0.489 e. The molecule has 182 valence electrons. The highest BCUT2D eigenvalue weighted by Crippen LogP contribution is 2.46. The van der Waals surface area contributed by atoms with Crippen LogP contribution in [0, 0.1) is 5.41 Å². The van der Waals surface area contributed by atoms with Crippen LogP contribution < -0.4 is 10.1 Å². The van der Waals surface area contributed by atoms with Crippen LogP contribution in [0.4, 0.5) is 0 Å². The first-order valence-electron chi connectivity index (χ1n) is 13.3. The fourth-order valence-electron chi connectivity index (χ4n) is 7.35. The summed E-state index contributed by atoms with van der Waals surface area (Å²) < 4.78 is 6.61. The first-order chi connectivity index (χ1) is 16.5. The van der Waals surface area contributed by atoms with Crippen LogP contribution >= 0.6 is 0 Å². The zero-order valence-electron chi connectivity index (χ0n) is 20.2. The predicted octanol–water partition coefficient (Wildman–Crippen LogP) is 4.39. The van der Waals surface area contributed by atoms with Crippen LogP contribution in [0.1, 0.15) is 86.6 Å². The lowest BCUT2D eigenvalue weighted by Gasteiger charge is -2.35. The Hall–Kier alpha value is -2.34. The first-order valence-corrected chi connectivity index (χ1v) is 13.3. The molecule has 0 aromatic heterocycles. The molecule has 1 N–H and O–H groups in total. The minimum Gasteiger partial charge on any atom is -0.489 e. The van der Waals surface area contributed by atoms with Crippen molar-refractivity contribution in [2.75, 3.05) is 13.1 Å². The van der Waals surface area contributed by atoms with Crippen LogP contribution in [0.15, 0.2) is 30.5 Å². The van der Waals surface area contributed by atoms with Crippen molar-refractivity contribution in [3.8, 4) is 5.75 Å². The second-order valence-corrected chi connectivity index (χ2v) is 11.3. The van der Waals surface area contributed by atoms with Gasteiger partial charge in [0.15, 0.2) is 0 Å². The number of hydrogen-bond acceptors (Lipinski definition) is 4. The molecule has 6 heteroatoms. The van der Waals surface area contributed by atoms with E-state index >= 15 is 0 Å². The van der Waals surface area contributed by atoms with Gasteiger partial charge in [-0.3, -0.25) is 14.5 Å². The third-order valence-electron chi connectivity index (χ3n) is 9.19. The van der Waals surface area contributed by atoms with Gasteiger partial charge in [-0.1, -0.05) is 25.8 Å². The molecule has 4 fully saturated rings. The molecular formula is C28H37N3O3. The van der Waals surface area contributed by atoms with Crippen molar-refractivity contribution in [2.24, 2.45) is 5.41 Å². The summed E-state index contributed by atoms with van der Waals surface area (Å²) in [6.45, 7) is 7.02. The van der Waals surface area contributed by atoms with Crippen LogP contribution in [-0.2, 0) is 11.3 Å². The minimum atomic E-state index is -0.136. The first kappa shape index (κ1) is 22.1. The van der Waals surface area contributed by atoms with E-state index in [1.54, 1.807) is 0 Å². The van der Waals surface area contributed by atoms with Gasteiger partial charge in [0.1, 0.15) is 11.9 Å². The van der Waals surface area contributed by atoms with Crippen molar-refractivity contribution in [1.29, 1.82) is 0 Å². The molecule has 5 aliphatic rings. The normalized spacial score (nSPS) is 31.2. The molecule has 0 bridgehead atoms. The van der Waals surface area contributed by atoms with E-state index < -0.39 is 0 Å². The summed E-state index contributed by atoms with van der Waals surface area (Å²) in [7, 11) is 0. The monoisotopic (exact) mass is 463 g/mol. The Labute approximate surface area is 202 Å². The molecule has 3 unspecified atom stereocenters. The third-order valence-corrected chi connectivity index (χ3v) is 9.19. The highest BCUT2D eigenvalue weighted by molar-refractivity contribution is 5.99. The third kappa shape index (κ3) is 3.94. The SMILES string of the molecule is C=C1NC(=O)CCC1N1Cc2cc(OC3CCCC3N3CCC4(CCCCC4)C3)ccc2C1=O. The fourth-order valence-corrected chi connectivity index (χ4v) is 7.35. The van der Waals surface area contributed by atoms with E-state index in [2.05, 4.69) is 22.9 Å². The van der Waals surface area contributed by atoms with E-state index in [0.717, 1.165) is 23.3 Å². The molecule has 3 aliphatic heterocycles. The molecule has 1 spiro atoms. The topological polar surface area (TPSA) is 61.9 Å². The quantitative estimate of drug-likeness (QED) is 0.719. The lowest BCUT2D eigenvalue weighted by atomic mass is 9.73. The number of nitrogens with one attached hydrogen (secondary N) is 1. The Kier molecular flexibility index (Phi) is 5.67. The van der Waals surface area contributed by atoms with Crippen molar-refractivity contribution in [1.82, 2.24) is 15.1 Å². The standard InChI is InChI=1S/C28H37N3O3/c1-19-23(10-11-26(32)29-19)31-17-20-16-21(8-9-22(20)27(31)33)34-25-7-5-6-24(25)30-15-14-28(18-30)12-3-2-4-13-28/h8-9,16,23-25H,1-7,10-15,17-18H2,(H,29,32). The predicted molar refractivity (Wildman–Crippen MR) is 130 cm³/mol. The Balaban J connectivity index is 1.13. The van der Waals surface area contributed by atoms with Crippen molar-refractivity contribution < 1.29 is 14.3 Å². The molecule has 6 nitrogen and oxygen atoms in total. The second-order valence-electron chi connectivity index (χ2n) is 11.3. The van der Waals surface area contributed by atoms with E-state index in [9.17, 15) is 9.59 Å². The molecule has 3 heterocycles. The smallest absolute Gasteiger partial charge is 0.255 e. The molecular weight excluding hydrogens is 426 g/mol. The summed E-state index contributed by atoms with van der Waals surface area (Å²) >= 11 is 0. The summed E-state index contributed by atoms with van der Waals surface area (Å²) in [4.78, 5) is 29.3. The van der Waals surface area contributed by atoms with Crippen molar-refractivity contribution in [3.63, 3.8) is 0 Å². The average molecular weight is 464 g/mol. The number of ether oxygens (including phenoxy) is 1. The number of nitrogens with zero attached hydrogens (tertiary/aromatic N) is 2.